The Hall–Kier alpha value is -3.46. The van der Waals surface area contributed by atoms with Gasteiger partial charge in [-0.15, -0.1) is 11.8 Å². The van der Waals surface area contributed by atoms with Crippen LogP contribution in [0.5, 0.6) is 0 Å². The molecule has 0 spiro atoms. The van der Waals surface area contributed by atoms with Gasteiger partial charge in [-0.05, 0) is 50.6 Å². The fourth-order valence-electron chi connectivity index (χ4n) is 7.09. The van der Waals surface area contributed by atoms with E-state index >= 15 is 4.39 Å². The van der Waals surface area contributed by atoms with E-state index < -0.39 is 11.6 Å². The van der Waals surface area contributed by atoms with Gasteiger partial charge in [-0.25, -0.2) is 13.6 Å². The minimum atomic E-state index is -0.663. The summed E-state index contributed by atoms with van der Waals surface area (Å²) in [7, 11) is 0. The number of benzene rings is 2. The highest BCUT2D eigenvalue weighted by Crippen LogP contribution is 2.46. The fraction of sp³-hybridized carbons (Fsp3) is 0.455. The first-order valence-electron chi connectivity index (χ1n) is 15.6. The van der Waals surface area contributed by atoms with Crippen molar-refractivity contribution in [3.63, 3.8) is 0 Å². The van der Waals surface area contributed by atoms with Crippen molar-refractivity contribution in [2.45, 2.75) is 43.8 Å². The van der Waals surface area contributed by atoms with Crippen molar-refractivity contribution in [2.75, 3.05) is 63.0 Å². The lowest BCUT2D eigenvalue weighted by Crippen LogP contribution is -2.58. The summed E-state index contributed by atoms with van der Waals surface area (Å²) < 4.78 is 31.0. The van der Waals surface area contributed by atoms with Gasteiger partial charge in [-0.2, -0.15) is 18.5 Å². The predicted octanol–water partition coefficient (Wildman–Crippen LogP) is 3.12. The molecule has 2 amide bonds. The van der Waals surface area contributed by atoms with Gasteiger partial charge in [0.1, 0.15) is 17.5 Å². The molecule has 0 bridgehead atoms. The number of piperazine rings is 2. The molecule has 10 nitrogen and oxygen atoms in total. The Morgan fingerprint density at radius 3 is 2.45 bits per heavy atom. The number of halogens is 2. The first-order valence-corrected chi connectivity index (χ1v) is 16.6. The van der Waals surface area contributed by atoms with Gasteiger partial charge in [-0.3, -0.25) is 24.0 Å². The molecule has 3 atom stereocenters. The number of hydrogen-bond acceptors (Lipinski definition) is 8. The van der Waals surface area contributed by atoms with Crippen LogP contribution in [0.4, 0.5) is 14.6 Å². The number of amides is 2. The molecule has 4 heterocycles. The second-order valence-corrected chi connectivity index (χ2v) is 13.6. The molecule has 3 aliphatic rings. The number of hydrogen-bond donors (Lipinski definition) is 1. The van der Waals surface area contributed by atoms with Crippen LogP contribution in [0.25, 0.3) is 22.0 Å². The highest BCUT2D eigenvalue weighted by atomic mass is 32.2. The summed E-state index contributed by atoms with van der Waals surface area (Å²) in [6.07, 6.45) is 1.32. The smallest absolute Gasteiger partial charge is 0.350 e. The average Bonchev–Trinajstić information content (AvgIpc) is 3.01. The largest absolute Gasteiger partial charge is 0.369 e. The van der Waals surface area contributed by atoms with Gasteiger partial charge in [0.25, 0.3) is 0 Å². The molecule has 0 aliphatic carbocycles. The molecule has 3 aromatic rings. The lowest BCUT2D eigenvalue weighted by atomic mass is 9.96. The molecule has 0 saturated carbocycles. The minimum Gasteiger partial charge on any atom is -0.369 e. The van der Waals surface area contributed by atoms with Crippen molar-refractivity contribution < 1.29 is 18.4 Å². The zero-order valence-corrected chi connectivity index (χ0v) is 28.7. The minimum absolute atomic E-state index is 0. The maximum absolute atomic E-state index is 15.3. The molecule has 2 N–H and O–H groups in total. The van der Waals surface area contributed by atoms with Gasteiger partial charge in [0.05, 0.1) is 18.1 Å². The van der Waals surface area contributed by atoms with Gasteiger partial charge >= 0.3 is 5.69 Å². The lowest BCUT2D eigenvalue weighted by Gasteiger charge is -2.45. The van der Waals surface area contributed by atoms with Gasteiger partial charge < -0.3 is 15.5 Å². The standard InChI is InChI=1S/C33H39F2N7O3S.H2S/c1-5-28(44)40-14-21(4)41(15-20(40)3)32-25-12-19(2)29(24-7-6-22(34)13-26(24)35)31-30(25)42(33(45)37-32)23(18-46-31)16-38-8-10-39(11-9-38)17-27(36)43;/h5-7,12-13,20-21,23H,1,8-11,14-18H2,2-4H3,(H2,36,43);1H2/t20-,21+,23+;/m1./s1. The molecule has 47 heavy (non-hydrogen) atoms. The average molecular weight is 686 g/mol. The van der Waals surface area contributed by atoms with E-state index in [1.54, 1.807) is 21.2 Å². The van der Waals surface area contributed by atoms with Crippen molar-refractivity contribution in [1.29, 1.82) is 0 Å². The van der Waals surface area contributed by atoms with E-state index in [0.29, 0.717) is 55.4 Å². The van der Waals surface area contributed by atoms with E-state index in [1.807, 2.05) is 31.7 Å². The number of anilines is 1. The fourth-order valence-corrected chi connectivity index (χ4v) is 8.47. The second kappa shape index (κ2) is 14.0. The lowest BCUT2D eigenvalue weighted by molar-refractivity contribution is -0.128. The van der Waals surface area contributed by atoms with Crippen LogP contribution >= 0.6 is 25.3 Å². The Labute approximate surface area is 284 Å². The third-order valence-corrected chi connectivity index (χ3v) is 10.6. The number of carbonyl (C=O) groups excluding carboxylic acids is 2. The number of aryl methyl sites for hydroxylation is 1. The van der Waals surface area contributed by atoms with Crippen molar-refractivity contribution in [2.24, 2.45) is 5.73 Å². The van der Waals surface area contributed by atoms with E-state index in [0.717, 1.165) is 35.0 Å². The Morgan fingerprint density at radius 2 is 1.79 bits per heavy atom. The first-order chi connectivity index (χ1) is 22.0. The van der Waals surface area contributed by atoms with E-state index in [4.69, 9.17) is 10.7 Å². The third kappa shape index (κ3) is 6.65. The number of carbonyl (C=O) groups is 2. The molecule has 14 heteroatoms. The maximum Gasteiger partial charge on any atom is 0.350 e. The van der Waals surface area contributed by atoms with Crippen LogP contribution in [0.15, 0.2) is 46.6 Å². The second-order valence-electron chi connectivity index (χ2n) is 12.6. The van der Waals surface area contributed by atoms with E-state index in [2.05, 4.69) is 16.4 Å². The summed E-state index contributed by atoms with van der Waals surface area (Å²) in [6, 6.07) is 5.07. The zero-order chi connectivity index (χ0) is 32.9. The van der Waals surface area contributed by atoms with Crippen molar-refractivity contribution in [3.8, 4) is 11.1 Å². The summed E-state index contributed by atoms with van der Waals surface area (Å²) in [5, 5.41) is 0.782. The maximum atomic E-state index is 15.3. The Kier molecular flexibility index (Phi) is 10.3. The van der Waals surface area contributed by atoms with Crippen LogP contribution in [0.2, 0.25) is 0 Å². The number of thioether (sulfide) groups is 1. The highest BCUT2D eigenvalue weighted by molar-refractivity contribution is 7.99. The summed E-state index contributed by atoms with van der Waals surface area (Å²) in [4.78, 5) is 51.7. The first kappa shape index (κ1) is 34.9. The van der Waals surface area contributed by atoms with Crippen LogP contribution < -0.4 is 16.3 Å². The van der Waals surface area contributed by atoms with E-state index in [9.17, 15) is 18.8 Å². The number of nitrogens with zero attached hydrogens (tertiary/aromatic N) is 6. The van der Waals surface area contributed by atoms with E-state index in [-0.39, 0.29) is 61.2 Å². The van der Waals surface area contributed by atoms with Crippen LogP contribution in [0.3, 0.4) is 0 Å². The van der Waals surface area contributed by atoms with Crippen molar-refractivity contribution in [3.05, 3.63) is 64.6 Å². The molecular weight excluding hydrogens is 645 g/mol. The topological polar surface area (TPSA) is 108 Å². The molecule has 2 fully saturated rings. The van der Waals surface area contributed by atoms with E-state index in [1.165, 1.54) is 18.2 Å². The van der Waals surface area contributed by atoms with Crippen LogP contribution in [-0.2, 0) is 9.59 Å². The molecule has 6 rings (SSSR count). The van der Waals surface area contributed by atoms with Gasteiger partial charge in [0, 0.05) is 91.1 Å². The van der Waals surface area contributed by atoms with Crippen molar-refractivity contribution >= 4 is 53.8 Å². The van der Waals surface area contributed by atoms with Crippen LogP contribution in [0, 0.1) is 18.6 Å². The Morgan fingerprint density at radius 1 is 1.09 bits per heavy atom. The molecule has 1 aromatic heterocycles. The molecule has 0 unspecified atom stereocenters. The Balaban J connectivity index is 0.00000433. The SMILES string of the molecule is C=CC(=O)N1C[C@H](C)N(c2nc(=O)n3c4c(c(-c5ccc(F)cc5F)c(C)cc24)SC[C@@H]3CN2CCN(CC(N)=O)CC2)C[C@H]1C.S. The third-order valence-electron chi connectivity index (χ3n) is 9.36. The number of nitrogens with two attached hydrogens (primary N) is 1. The summed E-state index contributed by atoms with van der Waals surface area (Å²) >= 11 is 1.58. The molecule has 2 aromatic carbocycles. The molecule has 0 radical (unpaired) electrons. The number of rotatable bonds is 7. The Bertz CT molecular complexity index is 1780. The summed E-state index contributed by atoms with van der Waals surface area (Å²) in [5.74, 6) is -0.700. The van der Waals surface area contributed by atoms with Gasteiger partial charge in [0.2, 0.25) is 11.8 Å². The summed E-state index contributed by atoms with van der Waals surface area (Å²) in [6.45, 7) is 14.1. The normalized spacial score (nSPS) is 21.9. The van der Waals surface area contributed by atoms with Crippen LogP contribution in [-0.4, -0.2) is 106 Å². The molecule has 2 saturated heterocycles. The number of aromatic nitrogens is 2. The quantitative estimate of drug-likeness (QED) is 0.379. The highest BCUT2D eigenvalue weighted by Gasteiger charge is 2.36. The molecule has 3 aliphatic heterocycles. The molecule has 252 valence electrons. The summed E-state index contributed by atoms with van der Waals surface area (Å²) in [5.41, 5.74) is 7.41. The van der Waals surface area contributed by atoms with Crippen LogP contribution in [0.1, 0.15) is 25.5 Å². The monoisotopic (exact) mass is 685 g/mol. The van der Waals surface area contributed by atoms with Gasteiger partial charge in [-0.1, -0.05) is 6.58 Å². The molecular formula is C33H41F2N7O3S2. The number of primary amides is 1. The van der Waals surface area contributed by atoms with Gasteiger partial charge in [0.15, 0.2) is 0 Å². The zero-order valence-electron chi connectivity index (χ0n) is 26.8. The van der Waals surface area contributed by atoms with Crippen molar-refractivity contribution in [1.82, 2.24) is 24.3 Å². The predicted molar refractivity (Wildman–Crippen MR) is 186 cm³/mol.